The molecule has 8 nitrogen and oxygen atoms in total. The number of hydrogen-bond acceptors (Lipinski definition) is 7. The van der Waals surface area contributed by atoms with Crippen LogP contribution in [0.5, 0.6) is 0 Å². The van der Waals surface area contributed by atoms with Gasteiger partial charge >= 0.3 is 0 Å². The number of nitrogens with zero attached hydrogens (tertiary/aromatic N) is 3. The Bertz CT molecular complexity index is 753. The highest BCUT2D eigenvalue weighted by molar-refractivity contribution is 7.84. The van der Waals surface area contributed by atoms with Crippen molar-refractivity contribution < 1.29 is 14.5 Å². The molecule has 1 N–H and O–H groups in total. The Hall–Kier alpha value is -2.41. The lowest BCUT2D eigenvalue weighted by Crippen LogP contribution is -2.32. The molecule has 1 fully saturated rings. The van der Waals surface area contributed by atoms with E-state index in [1.165, 1.54) is 6.07 Å². The molecule has 0 bridgehead atoms. The minimum Gasteiger partial charge on any atom is -0.379 e. The number of likely N-dealkylation sites (N-methyl/N-ethyl adjacent to an activating group) is 1. The number of amides is 1. The van der Waals surface area contributed by atoms with Gasteiger partial charge in [-0.25, -0.2) is 0 Å². The minimum absolute atomic E-state index is 0.00218. The van der Waals surface area contributed by atoms with E-state index in [2.05, 4.69) is 29.9 Å². The van der Waals surface area contributed by atoms with Gasteiger partial charge in [-0.2, -0.15) is 5.26 Å². The van der Waals surface area contributed by atoms with Gasteiger partial charge in [0.2, 0.25) is 5.91 Å². The van der Waals surface area contributed by atoms with Crippen molar-refractivity contribution in [2.45, 2.75) is 12.3 Å². The molecular formula is C17H20N4O4S. The number of rotatable bonds is 2. The average molecular weight is 376 g/mol. The zero-order chi connectivity index (χ0) is 19.1. The Kier molecular flexibility index (Phi) is 7.15. The van der Waals surface area contributed by atoms with E-state index in [1.54, 1.807) is 18.2 Å². The maximum Gasteiger partial charge on any atom is 0.273 e. The van der Waals surface area contributed by atoms with Crippen LogP contribution in [0, 0.1) is 21.4 Å². The molecule has 2 aliphatic rings. The first-order valence-electron chi connectivity index (χ1n) is 8.06. The number of carbonyl (C=O) groups excluding carboxylic acids is 1. The molecule has 138 valence electrons. The topological polar surface area (TPSA) is 108 Å². The van der Waals surface area contributed by atoms with Crippen molar-refractivity contribution >= 4 is 24.2 Å². The Morgan fingerprint density at radius 3 is 2.58 bits per heavy atom. The number of para-hydroxylation sites is 1. The van der Waals surface area contributed by atoms with Crippen LogP contribution in [0.15, 0.2) is 34.9 Å². The Morgan fingerprint density at radius 1 is 1.38 bits per heavy atom. The van der Waals surface area contributed by atoms with Crippen LogP contribution in [0.4, 0.5) is 5.69 Å². The van der Waals surface area contributed by atoms with Crippen LogP contribution >= 0.6 is 12.6 Å². The Labute approximate surface area is 157 Å². The van der Waals surface area contributed by atoms with E-state index in [-0.39, 0.29) is 28.6 Å². The second-order valence-electron chi connectivity index (χ2n) is 5.91. The highest BCUT2D eigenvalue weighted by Gasteiger charge is 2.32. The molecule has 0 aliphatic carbocycles. The number of allylic oxidation sites excluding steroid dienone is 1. The summed E-state index contributed by atoms with van der Waals surface area (Å²) in [5, 5.41) is 22.7. The molecule has 1 atom stereocenters. The predicted octanol–water partition coefficient (Wildman–Crippen LogP) is 1.81. The first kappa shape index (κ1) is 19.9. The number of thiol groups is 1. The standard InChI is InChI=1S/C12H9N3O3S.C5H11NO/c13-6-9-8(5-11(16)14-12(9)19)7-3-1-2-4-10(7)15(17)18;1-6-2-4-7-5-3-6/h1-4,8,19H,5H2,(H,14,16);2-5H2,1H3. The number of nitro benzene ring substituents is 1. The van der Waals surface area contributed by atoms with Crippen molar-refractivity contribution in [1.82, 2.24) is 10.2 Å². The molecule has 0 saturated carbocycles. The highest BCUT2D eigenvalue weighted by Crippen LogP contribution is 2.37. The third kappa shape index (κ3) is 5.05. The van der Waals surface area contributed by atoms with E-state index < -0.39 is 10.8 Å². The fraction of sp³-hybridized carbons (Fsp3) is 0.412. The van der Waals surface area contributed by atoms with Gasteiger partial charge in [-0.05, 0) is 7.05 Å². The first-order valence-corrected chi connectivity index (χ1v) is 8.51. The number of hydrogen-bond donors (Lipinski definition) is 2. The largest absolute Gasteiger partial charge is 0.379 e. The maximum absolute atomic E-state index is 11.5. The van der Waals surface area contributed by atoms with Crippen LogP contribution < -0.4 is 5.32 Å². The highest BCUT2D eigenvalue weighted by atomic mass is 32.1. The summed E-state index contributed by atoms with van der Waals surface area (Å²) in [6, 6.07) is 8.05. The lowest BCUT2D eigenvalue weighted by molar-refractivity contribution is -0.385. The van der Waals surface area contributed by atoms with Gasteiger partial charge in [0.15, 0.2) is 0 Å². The van der Waals surface area contributed by atoms with E-state index >= 15 is 0 Å². The van der Waals surface area contributed by atoms with Crippen LogP contribution in [0.25, 0.3) is 0 Å². The van der Waals surface area contributed by atoms with E-state index in [0.29, 0.717) is 5.56 Å². The summed E-state index contributed by atoms with van der Waals surface area (Å²) < 4.78 is 5.10. The van der Waals surface area contributed by atoms with Gasteiger partial charge in [0.1, 0.15) is 0 Å². The lowest BCUT2D eigenvalue weighted by Gasteiger charge is -2.22. The summed E-state index contributed by atoms with van der Waals surface area (Å²) in [7, 11) is 2.11. The number of nitro groups is 1. The zero-order valence-corrected chi connectivity index (χ0v) is 15.2. The van der Waals surface area contributed by atoms with Gasteiger partial charge < -0.3 is 15.0 Å². The normalized spacial score (nSPS) is 20.5. The van der Waals surface area contributed by atoms with Crippen molar-refractivity contribution in [2.75, 3.05) is 33.4 Å². The first-order chi connectivity index (χ1) is 12.4. The number of nitrogens with one attached hydrogen (secondary N) is 1. The van der Waals surface area contributed by atoms with Gasteiger partial charge in [0.25, 0.3) is 5.69 Å². The summed E-state index contributed by atoms with van der Waals surface area (Å²) in [6.45, 7) is 4.02. The Morgan fingerprint density at radius 2 is 2.04 bits per heavy atom. The lowest BCUT2D eigenvalue weighted by atomic mass is 9.86. The minimum atomic E-state index is -0.632. The Balaban J connectivity index is 0.000000290. The maximum atomic E-state index is 11.5. The molecule has 0 spiro atoms. The molecule has 2 aliphatic heterocycles. The van der Waals surface area contributed by atoms with Gasteiger partial charge in [-0.3, -0.25) is 14.9 Å². The molecule has 2 heterocycles. The third-order valence-corrected chi connectivity index (χ3v) is 4.47. The predicted molar refractivity (Wildman–Crippen MR) is 98.5 cm³/mol. The molecule has 1 amide bonds. The van der Waals surface area contributed by atoms with Crippen molar-refractivity contribution in [3.05, 3.63) is 50.5 Å². The molecular weight excluding hydrogens is 356 g/mol. The van der Waals surface area contributed by atoms with Crippen molar-refractivity contribution in [1.29, 1.82) is 5.26 Å². The summed E-state index contributed by atoms with van der Waals surface area (Å²) in [4.78, 5) is 24.3. The molecule has 1 unspecified atom stereocenters. The van der Waals surface area contributed by atoms with Crippen LogP contribution in [0.3, 0.4) is 0 Å². The SMILES string of the molecule is CN1CCOCC1.N#CC1=C(S)NC(=O)CC1c1ccccc1[N+](=O)[O-]. The summed E-state index contributed by atoms with van der Waals surface area (Å²) in [5.74, 6) is -0.944. The monoisotopic (exact) mass is 376 g/mol. The fourth-order valence-electron chi connectivity index (χ4n) is 2.70. The van der Waals surface area contributed by atoms with Crippen molar-refractivity contribution in [3.63, 3.8) is 0 Å². The van der Waals surface area contributed by atoms with Gasteiger partial charge in [-0.1, -0.05) is 18.2 Å². The van der Waals surface area contributed by atoms with E-state index in [4.69, 9.17) is 10.00 Å². The second kappa shape index (κ2) is 9.33. The van der Waals surface area contributed by atoms with Gasteiger partial charge in [0.05, 0.1) is 34.8 Å². The molecule has 0 radical (unpaired) electrons. The van der Waals surface area contributed by atoms with E-state index in [9.17, 15) is 14.9 Å². The number of benzene rings is 1. The van der Waals surface area contributed by atoms with Gasteiger partial charge in [-0.15, -0.1) is 12.6 Å². The van der Waals surface area contributed by atoms with Crippen molar-refractivity contribution in [2.24, 2.45) is 0 Å². The number of morpholine rings is 1. The molecule has 1 saturated heterocycles. The number of carbonyl (C=O) groups is 1. The molecule has 1 aromatic carbocycles. The summed E-state index contributed by atoms with van der Waals surface area (Å²) in [6.07, 6.45) is -0.00218. The van der Waals surface area contributed by atoms with Crippen LogP contribution in [-0.2, 0) is 9.53 Å². The zero-order valence-electron chi connectivity index (χ0n) is 14.3. The summed E-state index contributed by atoms with van der Waals surface area (Å²) in [5.41, 5.74) is 0.485. The average Bonchev–Trinajstić information content (AvgIpc) is 2.62. The smallest absolute Gasteiger partial charge is 0.273 e. The molecule has 0 aromatic heterocycles. The third-order valence-electron chi connectivity index (χ3n) is 4.11. The summed E-state index contributed by atoms with van der Waals surface area (Å²) >= 11 is 4.05. The van der Waals surface area contributed by atoms with E-state index in [1.807, 2.05) is 6.07 Å². The quantitative estimate of drug-likeness (QED) is 0.463. The molecule has 26 heavy (non-hydrogen) atoms. The number of ether oxygens (including phenoxy) is 1. The number of nitriles is 1. The second-order valence-corrected chi connectivity index (χ2v) is 6.36. The van der Waals surface area contributed by atoms with Crippen molar-refractivity contribution in [3.8, 4) is 6.07 Å². The van der Waals surface area contributed by atoms with E-state index in [0.717, 1.165) is 26.3 Å². The molecule has 9 heteroatoms. The van der Waals surface area contributed by atoms with Crippen LogP contribution in [-0.4, -0.2) is 49.1 Å². The van der Waals surface area contributed by atoms with Crippen LogP contribution in [0.2, 0.25) is 0 Å². The van der Waals surface area contributed by atoms with Gasteiger partial charge in [0, 0.05) is 37.1 Å². The molecule has 3 rings (SSSR count). The fourth-order valence-corrected chi connectivity index (χ4v) is 3.03. The van der Waals surface area contributed by atoms with Crippen LogP contribution in [0.1, 0.15) is 17.9 Å². The molecule has 1 aromatic rings.